The predicted octanol–water partition coefficient (Wildman–Crippen LogP) is 3.80. The quantitative estimate of drug-likeness (QED) is 0.377. The van der Waals surface area contributed by atoms with E-state index in [0.717, 1.165) is 28.2 Å². The molecule has 1 aromatic heterocycles. The number of ether oxygens (including phenoxy) is 1. The molecule has 0 spiro atoms. The molecule has 0 fully saturated rings. The Bertz CT molecular complexity index is 988. The number of aromatic amines is 1. The molecule has 0 bridgehead atoms. The normalized spacial score (nSPS) is 13.9. The van der Waals surface area contributed by atoms with Crippen molar-refractivity contribution < 1.29 is 19.1 Å². The van der Waals surface area contributed by atoms with Crippen molar-refractivity contribution in [3.05, 3.63) is 46.8 Å². The van der Waals surface area contributed by atoms with Gasteiger partial charge in [0, 0.05) is 41.2 Å². The van der Waals surface area contributed by atoms with E-state index in [9.17, 15) is 14.4 Å². The van der Waals surface area contributed by atoms with Crippen molar-refractivity contribution >= 4 is 40.8 Å². The minimum atomic E-state index is -0.270. The van der Waals surface area contributed by atoms with Crippen LogP contribution in [-0.4, -0.2) is 29.9 Å². The molecule has 1 aliphatic heterocycles. The molecule has 29 heavy (non-hydrogen) atoms. The highest BCUT2D eigenvalue weighted by atomic mass is 16.5. The first kappa shape index (κ1) is 20.4. The largest absolute Gasteiger partial charge is 0.469 e. The topological polar surface area (TPSA) is 100 Å². The van der Waals surface area contributed by atoms with E-state index in [4.69, 9.17) is 0 Å². The summed E-state index contributed by atoms with van der Waals surface area (Å²) in [5.74, 6) is -0.570. The van der Waals surface area contributed by atoms with E-state index in [1.54, 1.807) is 18.2 Å². The lowest BCUT2D eigenvalue weighted by Crippen LogP contribution is -2.11. The minimum Gasteiger partial charge on any atom is -0.469 e. The maximum Gasteiger partial charge on any atom is 0.305 e. The lowest BCUT2D eigenvalue weighted by molar-refractivity contribution is -0.140. The molecule has 3 rings (SSSR count). The van der Waals surface area contributed by atoms with E-state index in [1.165, 1.54) is 7.11 Å². The maximum absolute atomic E-state index is 12.4. The van der Waals surface area contributed by atoms with Crippen LogP contribution in [0.5, 0.6) is 0 Å². The van der Waals surface area contributed by atoms with Crippen molar-refractivity contribution in [1.29, 1.82) is 0 Å². The average molecular weight is 395 g/mol. The fourth-order valence-corrected chi connectivity index (χ4v) is 3.33. The molecular formula is C22H25N3O4. The molecule has 0 unspecified atom stereocenters. The van der Waals surface area contributed by atoms with Crippen molar-refractivity contribution in [2.45, 2.75) is 39.5 Å². The zero-order valence-electron chi connectivity index (χ0n) is 16.8. The number of esters is 1. The number of unbranched alkanes of at least 4 members (excludes halogenated alkanes) is 1. The maximum atomic E-state index is 12.4. The van der Waals surface area contributed by atoms with Gasteiger partial charge in [0.2, 0.25) is 5.91 Å². The number of hydrogen-bond donors (Lipinski definition) is 3. The monoisotopic (exact) mass is 395 g/mol. The summed E-state index contributed by atoms with van der Waals surface area (Å²) in [6, 6.07) is 7.37. The van der Waals surface area contributed by atoms with Crippen LogP contribution in [-0.2, 0) is 19.1 Å². The molecule has 2 heterocycles. The Morgan fingerprint density at radius 1 is 1.14 bits per heavy atom. The number of hydrogen-bond acceptors (Lipinski definition) is 4. The van der Waals surface area contributed by atoms with E-state index >= 15 is 0 Å². The Kier molecular flexibility index (Phi) is 6.16. The standard InChI is InChI=1S/C22H25N3O4/c1-13-10-14(2)23-19(13)12-17-16-11-15(8-9-18(16)25-22(17)28)24-20(26)6-4-5-7-21(27)29-3/h8-12,23H,4-7H2,1-3H3,(H,24,26)(H,25,28)/b17-12-. The summed E-state index contributed by atoms with van der Waals surface area (Å²) in [5, 5.41) is 5.71. The van der Waals surface area contributed by atoms with Crippen LogP contribution in [0.3, 0.4) is 0 Å². The second-order valence-electron chi connectivity index (χ2n) is 7.15. The minimum absolute atomic E-state index is 0.131. The molecular weight excluding hydrogens is 370 g/mol. The summed E-state index contributed by atoms with van der Waals surface area (Å²) in [7, 11) is 1.35. The van der Waals surface area contributed by atoms with Crippen LogP contribution in [0.1, 0.15) is 48.2 Å². The van der Waals surface area contributed by atoms with Gasteiger partial charge in [0.15, 0.2) is 0 Å². The SMILES string of the molecule is COC(=O)CCCCC(=O)Nc1ccc2c(c1)/C(=C/c1[nH]c(C)cc1C)C(=O)N2. The highest BCUT2D eigenvalue weighted by Crippen LogP contribution is 2.35. The van der Waals surface area contributed by atoms with E-state index in [2.05, 4.69) is 20.4 Å². The molecule has 0 atom stereocenters. The summed E-state index contributed by atoms with van der Waals surface area (Å²) in [4.78, 5) is 39.0. The van der Waals surface area contributed by atoms with Gasteiger partial charge < -0.3 is 20.4 Å². The van der Waals surface area contributed by atoms with Gasteiger partial charge in [0.25, 0.3) is 5.91 Å². The second kappa shape index (κ2) is 8.77. The van der Waals surface area contributed by atoms with Gasteiger partial charge in [-0.05, 0) is 62.6 Å². The number of aromatic nitrogens is 1. The van der Waals surface area contributed by atoms with Crippen LogP contribution < -0.4 is 10.6 Å². The Morgan fingerprint density at radius 3 is 2.59 bits per heavy atom. The number of aryl methyl sites for hydroxylation is 2. The van der Waals surface area contributed by atoms with Gasteiger partial charge in [-0.3, -0.25) is 14.4 Å². The van der Waals surface area contributed by atoms with Crippen LogP contribution in [0.4, 0.5) is 11.4 Å². The molecule has 152 valence electrons. The molecule has 1 aromatic carbocycles. The number of rotatable bonds is 7. The zero-order valence-corrected chi connectivity index (χ0v) is 16.8. The number of H-pyrrole nitrogens is 1. The number of carbonyl (C=O) groups is 3. The highest BCUT2D eigenvalue weighted by molar-refractivity contribution is 6.35. The summed E-state index contributed by atoms with van der Waals surface area (Å²) in [5.41, 5.74) is 5.64. The third kappa shape index (κ3) is 4.93. The first-order chi connectivity index (χ1) is 13.9. The van der Waals surface area contributed by atoms with Crippen molar-refractivity contribution in [3.8, 4) is 0 Å². The first-order valence-corrected chi connectivity index (χ1v) is 9.57. The van der Waals surface area contributed by atoms with E-state index < -0.39 is 0 Å². The highest BCUT2D eigenvalue weighted by Gasteiger charge is 2.25. The van der Waals surface area contributed by atoms with Crippen molar-refractivity contribution in [2.75, 3.05) is 17.7 Å². The lowest BCUT2D eigenvalue weighted by Gasteiger charge is -2.07. The fourth-order valence-electron chi connectivity index (χ4n) is 3.33. The second-order valence-corrected chi connectivity index (χ2v) is 7.15. The smallest absolute Gasteiger partial charge is 0.305 e. The number of nitrogens with one attached hydrogen (secondary N) is 3. The van der Waals surface area contributed by atoms with Crippen LogP contribution in [0.2, 0.25) is 0 Å². The molecule has 7 nitrogen and oxygen atoms in total. The number of carbonyl (C=O) groups excluding carboxylic acids is 3. The molecule has 0 aliphatic carbocycles. The first-order valence-electron chi connectivity index (χ1n) is 9.57. The number of amides is 2. The van der Waals surface area contributed by atoms with Gasteiger partial charge in [-0.1, -0.05) is 0 Å². The summed E-state index contributed by atoms with van der Waals surface area (Å²) < 4.78 is 4.59. The van der Waals surface area contributed by atoms with Crippen LogP contribution >= 0.6 is 0 Å². The Labute approximate surface area is 169 Å². The third-order valence-corrected chi connectivity index (χ3v) is 4.83. The number of fused-ring (bicyclic) bond motifs is 1. The summed E-state index contributed by atoms with van der Waals surface area (Å²) in [6.07, 6.45) is 3.66. The molecule has 0 saturated carbocycles. The lowest BCUT2D eigenvalue weighted by atomic mass is 10.0. The molecule has 1 aliphatic rings. The van der Waals surface area contributed by atoms with Crippen LogP contribution in [0.25, 0.3) is 11.6 Å². The van der Waals surface area contributed by atoms with Gasteiger partial charge in [0.1, 0.15) is 0 Å². The van der Waals surface area contributed by atoms with Gasteiger partial charge >= 0.3 is 5.97 Å². The van der Waals surface area contributed by atoms with Gasteiger partial charge in [-0.15, -0.1) is 0 Å². The van der Waals surface area contributed by atoms with E-state index in [-0.39, 0.29) is 17.8 Å². The molecule has 0 radical (unpaired) electrons. The molecule has 3 N–H and O–H groups in total. The van der Waals surface area contributed by atoms with Crippen molar-refractivity contribution in [1.82, 2.24) is 4.98 Å². The molecule has 7 heteroatoms. The Morgan fingerprint density at radius 2 is 1.90 bits per heavy atom. The Hall–Kier alpha value is -3.35. The summed E-state index contributed by atoms with van der Waals surface area (Å²) in [6.45, 7) is 3.96. The summed E-state index contributed by atoms with van der Waals surface area (Å²) >= 11 is 0. The number of anilines is 2. The van der Waals surface area contributed by atoms with Crippen LogP contribution in [0.15, 0.2) is 24.3 Å². The van der Waals surface area contributed by atoms with Gasteiger partial charge in [-0.2, -0.15) is 0 Å². The number of benzene rings is 1. The van der Waals surface area contributed by atoms with E-state index in [1.807, 2.05) is 26.0 Å². The van der Waals surface area contributed by atoms with Gasteiger partial charge in [0.05, 0.1) is 12.7 Å². The fraction of sp³-hybridized carbons (Fsp3) is 0.318. The van der Waals surface area contributed by atoms with E-state index in [0.29, 0.717) is 36.9 Å². The van der Waals surface area contributed by atoms with Gasteiger partial charge in [-0.25, -0.2) is 0 Å². The molecule has 0 saturated heterocycles. The predicted molar refractivity (Wildman–Crippen MR) is 112 cm³/mol. The average Bonchev–Trinajstić information content (AvgIpc) is 3.16. The zero-order chi connectivity index (χ0) is 21.0. The third-order valence-electron chi connectivity index (χ3n) is 4.83. The van der Waals surface area contributed by atoms with Crippen molar-refractivity contribution in [3.63, 3.8) is 0 Å². The van der Waals surface area contributed by atoms with Crippen LogP contribution in [0, 0.1) is 13.8 Å². The Balaban J connectivity index is 1.69. The number of methoxy groups -OCH3 is 1. The van der Waals surface area contributed by atoms with Crippen molar-refractivity contribution in [2.24, 2.45) is 0 Å². The molecule has 2 amide bonds. The molecule has 2 aromatic rings.